The van der Waals surface area contributed by atoms with E-state index in [0.717, 1.165) is 11.0 Å². The van der Waals surface area contributed by atoms with Crippen molar-refractivity contribution in [3.05, 3.63) is 30.6 Å². The molecule has 0 aliphatic heterocycles. The van der Waals surface area contributed by atoms with Gasteiger partial charge >= 0.3 is 0 Å². The zero-order valence-electron chi connectivity index (χ0n) is 9.96. The Morgan fingerprint density at radius 1 is 1.39 bits per heavy atom. The first-order valence-corrected chi connectivity index (χ1v) is 5.47. The third kappa shape index (κ3) is 2.79. The fourth-order valence-corrected chi connectivity index (χ4v) is 1.53. The van der Waals surface area contributed by atoms with Crippen LogP contribution in [0.25, 0.3) is 11.0 Å². The molecule has 0 spiro atoms. The van der Waals surface area contributed by atoms with Crippen LogP contribution in [0.3, 0.4) is 0 Å². The van der Waals surface area contributed by atoms with Gasteiger partial charge in [-0.25, -0.2) is 0 Å². The molecule has 0 fully saturated rings. The van der Waals surface area contributed by atoms with E-state index in [1.165, 1.54) is 7.11 Å². The predicted molar refractivity (Wildman–Crippen MR) is 68.0 cm³/mol. The summed E-state index contributed by atoms with van der Waals surface area (Å²) in [5.41, 5.74) is 7.75. The fraction of sp³-hybridized carbons (Fsp3) is 0.250. The van der Waals surface area contributed by atoms with Crippen molar-refractivity contribution < 1.29 is 9.53 Å². The molecule has 94 valence electrons. The van der Waals surface area contributed by atoms with Crippen molar-refractivity contribution in [1.82, 2.24) is 9.97 Å². The van der Waals surface area contributed by atoms with Gasteiger partial charge in [0.25, 0.3) is 0 Å². The normalized spacial score (nSPS) is 12.3. The van der Waals surface area contributed by atoms with Crippen LogP contribution in [0.4, 0.5) is 5.69 Å². The SMILES string of the molecule is COCC(N)C(=O)Nc1ccc2nccnc2c1. The van der Waals surface area contributed by atoms with Crippen LogP contribution >= 0.6 is 0 Å². The molecule has 0 bridgehead atoms. The van der Waals surface area contributed by atoms with E-state index < -0.39 is 6.04 Å². The molecule has 0 saturated carbocycles. The lowest BCUT2D eigenvalue weighted by atomic mass is 10.2. The van der Waals surface area contributed by atoms with Crippen molar-refractivity contribution in [2.45, 2.75) is 6.04 Å². The van der Waals surface area contributed by atoms with E-state index in [2.05, 4.69) is 15.3 Å². The van der Waals surface area contributed by atoms with Crippen molar-refractivity contribution in [1.29, 1.82) is 0 Å². The Bertz CT molecular complexity index is 559. The number of rotatable bonds is 4. The van der Waals surface area contributed by atoms with Crippen LogP contribution in [-0.2, 0) is 9.53 Å². The lowest BCUT2D eigenvalue weighted by Gasteiger charge is -2.11. The summed E-state index contributed by atoms with van der Waals surface area (Å²) in [4.78, 5) is 20.0. The number of fused-ring (bicyclic) bond motifs is 1. The Morgan fingerprint density at radius 3 is 2.83 bits per heavy atom. The van der Waals surface area contributed by atoms with Gasteiger partial charge in [0, 0.05) is 25.2 Å². The Balaban J connectivity index is 2.14. The molecule has 1 aromatic carbocycles. The van der Waals surface area contributed by atoms with Crippen LogP contribution in [0.2, 0.25) is 0 Å². The highest BCUT2D eigenvalue weighted by Crippen LogP contribution is 2.14. The minimum atomic E-state index is -0.687. The quantitative estimate of drug-likeness (QED) is 0.821. The summed E-state index contributed by atoms with van der Waals surface area (Å²) in [5.74, 6) is -0.292. The lowest BCUT2D eigenvalue weighted by Crippen LogP contribution is -2.39. The van der Waals surface area contributed by atoms with Gasteiger partial charge in [0.1, 0.15) is 6.04 Å². The molecule has 6 heteroatoms. The van der Waals surface area contributed by atoms with Crippen LogP contribution in [0, 0.1) is 0 Å². The van der Waals surface area contributed by atoms with Gasteiger partial charge in [-0.1, -0.05) is 0 Å². The molecule has 1 unspecified atom stereocenters. The molecule has 1 aromatic heterocycles. The van der Waals surface area contributed by atoms with E-state index in [4.69, 9.17) is 10.5 Å². The largest absolute Gasteiger partial charge is 0.383 e. The Kier molecular flexibility index (Phi) is 3.81. The van der Waals surface area contributed by atoms with Gasteiger partial charge in [-0.3, -0.25) is 14.8 Å². The third-order valence-corrected chi connectivity index (χ3v) is 2.42. The van der Waals surface area contributed by atoms with Gasteiger partial charge in [-0.05, 0) is 18.2 Å². The number of nitrogens with two attached hydrogens (primary N) is 1. The molecule has 1 heterocycles. The van der Waals surface area contributed by atoms with E-state index in [-0.39, 0.29) is 12.5 Å². The first kappa shape index (κ1) is 12.4. The molecule has 2 rings (SSSR count). The van der Waals surface area contributed by atoms with Crippen molar-refractivity contribution >= 4 is 22.6 Å². The monoisotopic (exact) mass is 246 g/mol. The number of nitrogens with zero attached hydrogens (tertiary/aromatic N) is 2. The number of carbonyl (C=O) groups is 1. The second-order valence-electron chi connectivity index (χ2n) is 3.81. The summed E-state index contributed by atoms with van der Waals surface area (Å²) >= 11 is 0. The van der Waals surface area contributed by atoms with Crippen molar-refractivity contribution in [3.8, 4) is 0 Å². The summed E-state index contributed by atoms with van der Waals surface area (Å²) < 4.78 is 4.82. The molecule has 0 saturated heterocycles. The fourth-order valence-electron chi connectivity index (χ4n) is 1.53. The average molecular weight is 246 g/mol. The standard InChI is InChI=1S/C12H14N4O2/c1-18-7-9(13)12(17)16-8-2-3-10-11(6-8)15-5-4-14-10/h2-6,9H,7,13H2,1H3,(H,16,17). The smallest absolute Gasteiger partial charge is 0.243 e. The Morgan fingerprint density at radius 2 is 2.11 bits per heavy atom. The topological polar surface area (TPSA) is 90.1 Å². The summed E-state index contributed by atoms with van der Waals surface area (Å²) in [6.07, 6.45) is 3.22. The van der Waals surface area contributed by atoms with Crippen molar-refractivity contribution in [2.24, 2.45) is 5.73 Å². The van der Waals surface area contributed by atoms with Crippen LogP contribution in [0.5, 0.6) is 0 Å². The molecule has 2 aromatic rings. The summed E-state index contributed by atoms with van der Waals surface area (Å²) in [7, 11) is 1.50. The van der Waals surface area contributed by atoms with Crippen LogP contribution in [0.15, 0.2) is 30.6 Å². The van der Waals surface area contributed by atoms with Crippen molar-refractivity contribution in [2.75, 3.05) is 19.0 Å². The number of hydrogen-bond acceptors (Lipinski definition) is 5. The van der Waals surface area contributed by atoms with Crippen LogP contribution in [0.1, 0.15) is 0 Å². The minimum Gasteiger partial charge on any atom is -0.383 e. The van der Waals surface area contributed by atoms with Crippen LogP contribution in [-0.4, -0.2) is 35.6 Å². The first-order valence-electron chi connectivity index (χ1n) is 5.47. The number of anilines is 1. The number of carbonyl (C=O) groups excluding carboxylic acids is 1. The molecular formula is C12H14N4O2. The summed E-state index contributed by atoms with van der Waals surface area (Å²) in [6, 6.07) is 4.61. The summed E-state index contributed by atoms with van der Waals surface area (Å²) in [6.45, 7) is 0.180. The third-order valence-electron chi connectivity index (χ3n) is 2.42. The molecule has 0 radical (unpaired) electrons. The van der Waals surface area contributed by atoms with Gasteiger partial charge < -0.3 is 15.8 Å². The Labute approximate surface area is 104 Å². The number of hydrogen-bond donors (Lipinski definition) is 2. The number of amides is 1. The molecule has 1 amide bonds. The van der Waals surface area contributed by atoms with Gasteiger partial charge in [-0.15, -0.1) is 0 Å². The van der Waals surface area contributed by atoms with Gasteiger partial charge in [0.05, 0.1) is 17.6 Å². The first-order chi connectivity index (χ1) is 8.70. The van der Waals surface area contributed by atoms with Gasteiger partial charge in [0.2, 0.25) is 5.91 Å². The van der Waals surface area contributed by atoms with Crippen molar-refractivity contribution in [3.63, 3.8) is 0 Å². The molecule has 6 nitrogen and oxygen atoms in total. The van der Waals surface area contributed by atoms with Gasteiger partial charge in [0.15, 0.2) is 0 Å². The van der Waals surface area contributed by atoms with E-state index in [1.807, 2.05) is 0 Å². The predicted octanol–water partition coefficient (Wildman–Crippen LogP) is 0.542. The molecule has 3 N–H and O–H groups in total. The molecule has 0 aliphatic rings. The highest BCUT2D eigenvalue weighted by Gasteiger charge is 2.13. The maximum atomic E-state index is 11.7. The van der Waals surface area contributed by atoms with E-state index >= 15 is 0 Å². The maximum absolute atomic E-state index is 11.7. The Hall–Kier alpha value is -2.05. The molecular weight excluding hydrogens is 232 g/mol. The second-order valence-corrected chi connectivity index (χ2v) is 3.81. The highest BCUT2D eigenvalue weighted by molar-refractivity contribution is 5.96. The van der Waals surface area contributed by atoms with Crippen LogP contribution < -0.4 is 11.1 Å². The van der Waals surface area contributed by atoms with E-state index in [0.29, 0.717) is 5.69 Å². The van der Waals surface area contributed by atoms with E-state index in [9.17, 15) is 4.79 Å². The average Bonchev–Trinajstić information content (AvgIpc) is 2.39. The molecule has 0 aliphatic carbocycles. The summed E-state index contributed by atoms with van der Waals surface area (Å²) in [5, 5.41) is 2.71. The maximum Gasteiger partial charge on any atom is 0.243 e. The number of benzene rings is 1. The second kappa shape index (κ2) is 5.52. The lowest BCUT2D eigenvalue weighted by molar-refractivity contribution is -0.118. The van der Waals surface area contributed by atoms with E-state index in [1.54, 1.807) is 30.6 Å². The molecule has 18 heavy (non-hydrogen) atoms. The minimum absolute atomic E-state index is 0.180. The van der Waals surface area contributed by atoms with Gasteiger partial charge in [-0.2, -0.15) is 0 Å². The number of methoxy groups -OCH3 is 1. The zero-order chi connectivity index (χ0) is 13.0. The number of nitrogens with one attached hydrogen (secondary N) is 1. The molecule has 1 atom stereocenters. The number of aromatic nitrogens is 2. The highest BCUT2D eigenvalue weighted by atomic mass is 16.5. The number of ether oxygens (including phenoxy) is 1. The zero-order valence-corrected chi connectivity index (χ0v) is 9.96.